The van der Waals surface area contributed by atoms with Crippen molar-refractivity contribution in [3.05, 3.63) is 89.8 Å². The number of nitrogens with zero attached hydrogens (tertiary/aromatic N) is 3. The summed E-state index contributed by atoms with van der Waals surface area (Å²) in [6.07, 6.45) is 2.03. The van der Waals surface area contributed by atoms with Gasteiger partial charge in [0.15, 0.2) is 0 Å². The molecule has 2 aromatic heterocycles. The standard InChI is InChI=1S/C26H24F2N4O2/c27-19-3-1-2-17(10-19)15-32-22(12-18-11-20(28)4-6-24(18)32)13-26(34)30-21-5-7-25(29-14-21)31-9-8-23(33)16-31/h1-7,10-12,14,23,33H,8-9,13,15-16H2,(H,30,34). The van der Waals surface area contributed by atoms with Crippen LogP contribution in [-0.4, -0.2) is 39.8 Å². The van der Waals surface area contributed by atoms with Crippen LogP contribution in [0.2, 0.25) is 0 Å². The molecule has 3 heterocycles. The molecule has 6 nitrogen and oxygen atoms in total. The number of aromatic nitrogens is 2. The molecule has 1 atom stereocenters. The van der Waals surface area contributed by atoms with Gasteiger partial charge in [-0.1, -0.05) is 12.1 Å². The number of rotatable bonds is 6. The Morgan fingerprint density at radius 2 is 1.94 bits per heavy atom. The summed E-state index contributed by atoms with van der Waals surface area (Å²) in [5.41, 5.74) is 2.77. The van der Waals surface area contributed by atoms with E-state index in [1.165, 1.54) is 24.3 Å². The zero-order chi connectivity index (χ0) is 23.7. The Bertz CT molecular complexity index is 1340. The van der Waals surface area contributed by atoms with Gasteiger partial charge in [-0.25, -0.2) is 13.8 Å². The van der Waals surface area contributed by atoms with Gasteiger partial charge in [0.2, 0.25) is 5.91 Å². The second-order valence-corrected chi connectivity index (χ2v) is 8.57. The monoisotopic (exact) mass is 462 g/mol. The summed E-state index contributed by atoms with van der Waals surface area (Å²) in [4.78, 5) is 19.2. The van der Waals surface area contributed by atoms with Crippen molar-refractivity contribution in [1.82, 2.24) is 9.55 Å². The molecule has 2 aromatic carbocycles. The lowest BCUT2D eigenvalue weighted by molar-refractivity contribution is -0.115. The fraction of sp³-hybridized carbons (Fsp3) is 0.231. The number of amides is 1. The second-order valence-electron chi connectivity index (χ2n) is 8.57. The average Bonchev–Trinajstić information content (AvgIpc) is 3.37. The van der Waals surface area contributed by atoms with Gasteiger partial charge >= 0.3 is 0 Å². The Balaban J connectivity index is 1.35. The number of hydrogen-bond acceptors (Lipinski definition) is 4. The van der Waals surface area contributed by atoms with E-state index in [-0.39, 0.29) is 30.1 Å². The molecule has 5 rings (SSSR count). The highest BCUT2D eigenvalue weighted by molar-refractivity contribution is 5.93. The van der Waals surface area contributed by atoms with Crippen molar-refractivity contribution in [1.29, 1.82) is 0 Å². The van der Waals surface area contributed by atoms with E-state index in [2.05, 4.69) is 10.3 Å². The molecule has 1 aliphatic rings. The lowest BCUT2D eigenvalue weighted by Gasteiger charge is -2.16. The number of nitrogens with one attached hydrogen (secondary N) is 1. The van der Waals surface area contributed by atoms with Crippen LogP contribution in [0.3, 0.4) is 0 Å². The summed E-state index contributed by atoms with van der Waals surface area (Å²) >= 11 is 0. The van der Waals surface area contributed by atoms with Gasteiger partial charge in [-0.3, -0.25) is 4.79 Å². The van der Waals surface area contributed by atoms with E-state index in [1.807, 2.05) is 21.6 Å². The summed E-state index contributed by atoms with van der Waals surface area (Å²) in [6.45, 7) is 1.65. The quantitative estimate of drug-likeness (QED) is 0.452. The number of hydrogen-bond donors (Lipinski definition) is 2. The highest BCUT2D eigenvalue weighted by Crippen LogP contribution is 2.24. The van der Waals surface area contributed by atoms with Gasteiger partial charge in [-0.05, 0) is 60.5 Å². The van der Waals surface area contributed by atoms with Crippen LogP contribution in [0.5, 0.6) is 0 Å². The number of anilines is 2. The Hall–Kier alpha value is -3.78. The van der Waals surface area contributed by atoms with Crippen LogP contribution < -0.4 is 10.2 Å². The van der Waals surface area contributed by atoms with Crippen LogP contribution in [0.4, 0.5) is 20.3 Å². The summed E-state index contributed by atoms with van der Waals surface area (Å²) < 4.78 is 29.4. The molecular formula is C26H24F2N4O2. The third kappa shape index (κ3) is 4.77. The first kappa shape index (κ1) is 22.0. The summed E-state index contributed by atoms with van der Waals surface area (Å²) in [5.74, 6) is -0.177. The molecule has 4 aromatic rings. The predicted molar refractivity (Wildman–Crippen MR) is 127 cm³/mol. The first-order valence-corrected chi connectivity index (χ1v) is 11.2. The molecule has 1 fully saturated rings. The fourth-order valence-corrected chi connectivity index (χ4v) is 4.42. The molecule has 8 heteroatoms. The molecular weight excluding hydrogens is 438 g/mol. The van der Waals surface area contributed by atoms with Gasteiger partial charge in [0.25, 0.3) is 0 Å². The lowest BCUT2D eigenvalue weighted by Crippen LogP contribution is -2.22. The Morgan fingerprint density at radius 1 is 1.09 bits per heavy atom. The van der Waals surface area contributed by atoms with Crippen LogP contribution in [0.1, 0.15) is 17.7 Å². The van der Waals surface area contributed by atoms with Gasteiger partial charge in [0.05, 0.1) is 24.4 Å². The SMILES string of the molecule is O=C(Cc1cc2cc(F)ccc2n1Cc1cccc(F)c1)Nc1ccc(N2CCC(O)C2)nc1. The lowest BCUT2D eigenvalue weighted by atomic mass is 10.2. The number of fused-ring (bicyclic) bond motifs is 1. The molecule has 34 heavy (non-hydrogen) atoms. The maximum Gasteiger partial charge on any atom is 0.230 e. The summed E-state index contributed by atoms with van der Waals surface area (Å²) in [5, 5.41) is 13.2. The van der Waals surface area contributed by atoms with Crippen molar-refractivity contribution in [2.75, 3.05) is 23.3 Å². The Morgan fingerprint density at radius 3 is 2.68 bits per heavy atom. The molecule has 1 saturated heterocycles. The molecule has 0 aliphatic carbocycles. The molecule has 0 bridgehead atoms. The molecule has 1 unspecified atom stereocenters. The number of β-amino-alcohol motifs (C(OH)–C–C–N with tert-alkyl or cyclic N) is 1. The Labute approximate surface area is 195 Å². The number of aliphatic hydroxyl groups is 1. The van der Waals surface area contributed by atoms with E-state index in [1.54, 1.807) is 30.5 Å². The van der Waals surface area contributed by atoms with Crippen LogP contribution in [-0.2, 0) is 17.8 Å². The van der Waals surface area contributed by atoms with Gasteiger partial charge in [0, 0.05) is 36.2 Å². The first-order valence-electron chi connectivity index (χ1n) is 11.2. The minimum atomic E-state index is -0.358. The molecule has 174 valence electrons. The topological polar surface area (TPSA) is 70.4 Å². The molecule has 2 N–H and O–H groups in total. The van der Waals surface area contributed by atoms with Crippen LogP contribution in [0, 0.1) is 11.6 Å². The number of carbonyl (C=O) groups is 1. The maximum absolute atomic E-state index is 13.8. The highest BCUT2D eigenvalue weighted by atomic mass is 19.1. The van der Waals surface area contributed by atoms with Crippen molar-refractivity contribution in [2.24, 2.45) is 0 Å². The maximum atomic E-state index is 13.8. The van der Waals surface area contributed by atoms with Crippen LogP contribution in [0.25, 0.3) is 10.9 Å². The zero-order valence-corrected chi connectivity index (χ0v) is 18.4. The van der Waals surface area contributed by atoms with Crippen molar-refractivity contribution in [3.63, 3.8) is 0 Å². The van der Waals surface area contributed by atoms with E-state index in [9.17, 15) is 18.7 Å². The third-order valence-electron chi connectivity index (χ3n) is 6.04. The van der Waals surface area contributed by atoms with E-state index in [4.69, 9.17) is 0 Å². The summed E-state index contributed by atoms with van der Waals surface area (Å²) in [7, 11) is 0. The zero-order valence-electron chi connectivity index (χ0n) is 18.4. The minimum absolute atomic E-state index is 0.0612. The van der Waals surface area contributed by atoms with E-state index >= 15 is 0 Å². The average molecular weight is 463 g/mol. The normalized spacial score (nSPS) is 15.7. The predicted octanol–water partition coefficient (Wildman–Crippen LogP) is 4.12. The largest absolute Gasteiger partial charge is 0.391 e. The van der Waals surface area contributed by atoms with Crippen molar-refractivity contribution >= 4 is 28.3 Å². The minimum Gasteiger partial charge on any atom is -0.391 e. The second kappa shape index (κ2) is 9.23. The fourth-order valence-electron chi connectivity index (χ4n) is 4.42. The van der Waals surface area contributed by atoms with E-state index in [0.717, 1.165) is 23.4 Å². The molecule has 0 radical (unpaired) electrons. The smallest absolute Gasteiger partial charge is 0.230 e. The van der Waals surface area contributed by atoms with Gasteiger partial charge in [0.1, 0.15) is 17.5 Å². The number of aliphatic hydroxyl groups excluding tert-OH is 1. The van der Waals surface area contributed by atoms with Gasteiger partial charge < -0.3 is 19.9 Å². The molecule has 0 spiro atoms. The summed E-state index contributed by atoms with van der Waals surface area (Å²) in [6, 6.07) is 16.1. The number of carbonyl (C=O) groups excluding carboxylic acids is 1. The first-order chi connectivity index (χ1) is 16.4. The van der Waals surface area contributed by atoms with Gasteiger partial charge in [-0.2, -0.15) is 0 Å². The third-order valence-corrected chi connectivity index (χ3v) is 6.04. The van der Waals surface area contributed by atoms with Crippen LogP contribution >= 0.6 is 0 Å². The number of halogens is 2. The highest BCUT2D eigenvalue weighted by Gasteiger charge is 2.21. The Kier molecular flexibility index (Phi) is 5.98. The molecule has 1 amide bonds. The number of benzene rings is 2. The molecule has 0 saturated carbocycles. The van der Waals surface area contributed by atoms with E-state index < -0.39 is 0 Å². The van der Waals surface area contributed by atoms with Crippen LogP contribution in [0.15, 0.2) is 66.9 Å². The van der Waals surface area contributed by atoms with Crippen molar-refractivity contribution < 1.29 is 18.7 Å². The van der Waals surface area contributed by atoms with E-state index in [0.29, 0.717) is 36.3 Å². The van der Waals surface area contributed by atoms with Crippen molar-refractivity contribution in [3.8, 4) is 0 Å². The number of pyridine rings is 1. The molecule has 1 aliphatic heterocycles. The van der Waals surface area contributed by atoms with Crippen molar-refractivity contribution in [2.45, 2.75) is 25.5 Å². The van der Waals surface area contributed by atoms with Gasteiger partial charge in [-0.15, -0.1) is 0 Å².